The second kappa shape index (κ2) is 2.13. The lowest BCUT2D eigenvalue weighted by Gasteiger charge is -1.81. The lowest BCUT2D eigenvalue weighted by atomic mass is 10.5. The number of nitrogens with one attached hydrogen (secondary N) is 1. The van der Waals surface area contributed by atoms with Gasteiger partial charge in [0.15, 0.2) is 0 Å². The van der Waals surface area contributed by atoms with Gasteiger partial charge in [0.05, 0.1) is 0 Å². The Bertz CT molecular complexity index is 123. The van der Waals surface area contributed by atoms with E-state index in [1.807, 2.05) is 12.3 Å². The minimum atomic E-state index is 1.02. The minimum Gasteiger partial charge on any atom is -0.365 e. The molecule has 1 aromatic rings. The Morgan fingerprint density at radius 1 is 1.71 bits per heavy atom. The van der Waals surface area contributed by atoms with Gasteiger partial charge in [-0.2, -0.15) is 0 Å². The molecule has 1 atom stereocenters. The maximum absolute atomic E-state index is 3.07. The zero-order valence-electron chi connectivity index (χ0n) is 4.02. The topological polar surface area (TPSA) is 15.8 Å². The lowest BCUT2D eigenvalue weighted by molar-refractivity contribution is 1.24. The molecule has 0 aliphatic heterocycles. The third-order valence-electron chi connectivity index (χ3n) is 0.882. The van der Waals surface area contributed by atoms with Crippen molar-refractivity contribution in [3.8, 4) is 0 Å². The van der Waals surface area contributed by atoms with Crippen LogP contribution in [0.3, 0.4) is 0 Å². The van der Waals surface area contributed by atoms with Gasteiger partial charge < -0.3 is 4.98 Å². The molecule has 0 amide bonds. The molecule has 38 valence electrons. The highest BCUT2D eigenvalue weighted by molar-refractivity contribution is 7.15. The van der Waals surface area contributed by atoms with E-state index in [4.69, 9.17) is 0 Å². The van der Waals surface area contributed by atoms with E-state index in [2.05, 4.69) is 20.3 Å². The average Bonchev–Trinajstić information content (AvgIpc) is 2.14. The van der Waals surface area contributed by atoms with Gasteiger partial charge in [0.2, 0.25) is 0 Å². The fourth-order valence-corrected chi connectivity index (χ4v) is 0.748. The lowest BCUT2D eigenvalue weighted by Crippen LogP contribution is -1.69. The van der Waals surface area contributed by atoms with E-state index in [-0.39, 0.29) is 0 Å². The van der Waals surface area contributed by atoms with Crippen molar-refractivity contribution in [2.45, 2.75) is 6.16 Å². The molecule has 0 saturated carbocycles. The first-order valence-corrected chi connectivity index (χ1v) is 3.07. The monoisotopic (exact) mass is 113 g/mol. The molecule has 0 fully saturated rings. The van der Waals surface area contributed by atoms with Crippen molar-refractivity contribution >= 4 is 9.24 Å². The Morgan fingerprint density at radius 2 is 2.57 bits per heavy atom. The normalized spacial score (nSPS) is 9.29. The predicted octanol–water partition coefficient (Wildman–Crippen LogP) is 1.39. The van der Waals surface area contributed by atoms with Crippen molar-refractivity contribution in [3.05, 3.63) is 24.0 Å². The molecule has 1 rings (SSSR count). The molecule has 1 nitrogen and oxygen atoms in total. The third kappa shape index (κ3) is 1.04. The van der Waals surface area contributed by atoms with Crippen molar-refractivity contribution < 1.29 is 0 Å². The van der Waals surface area contributed by atoms with Crippen LogP contribution in [0.15, 0.2) is 18.3 Å². The Balaban J connectivity index is 2.76. The van der Waals surface area contributed by atoms with Crippen LogP contribution >= 0.6 is 9.24 Å². The van der Waals surface area contributed by atoms with E-state index in [1.54, 1.807) is 0 Å². The van der Waals surface area contributed by atoms with Crippen LogP contribution in [0.2, 0.25) is 0 Å². The highest BCUT2D eigenvalue weighted by atomic mass is 31.0. The molecule has 0 aliphatic rings. The SMILES string of the molecule is PCc1ccc[nH]1. The summed E-state index contributed by atoms with van der Waals surface area (Å²) in [5.41, 5.74) is 1.27. The molecular weight excluding hydrogens is 105 g/mol. The summed E-state index contributed by atoms with van der Waals surface area (Å²) in [5.74, 6) is 0. The Labute approximate surface area is 45.3 Å². The standard InChI is InChI=1S/C5H8NP/c7-4-5-2-1-3-6-5/h1-3,6H,4,7H2. The minimum absolute atomic E-state index is 1.02. The van der Waals surface area contributed by atoms with E-state index >= 15 is 0 Å². The molecule has 1 unspecified atom stereocenters. The van der Waals surface area contributed by atoms with Gasteiger partial charge >= 0.3 is 0 Å². The van der Waals surface area contributed by atoms with Crippen LogP contribution in [0.4, 0.5) is 0 Å². The van der Waals surface area contributed by atoms with Gasteiger partial charge in [-0.25, -0.2) is 0 Å². The molecule has 1 aromatic heterocycles. The second-order valence-electron chi connectivity index (χ2n) is 1.40. The summed E-state index contributed by atoms with van der Waals surface area (Å²) in [6.07, 6.45) is 2.95. The number of aromatic nitrogens is 1. The number of aromatic amines is 1. The van der Waals surface area contributed by atoms with Gasteiger partial charge in [0.1, 0.15) is 0 Å². The molecule has 1 N–H and O–H groups in total. The molecule has 0 aromatic carbocycles. The fourth-order valence-electron chi connectivity index (χ4n) is 0.494. The van der Waals surface area contributed by atoms with Crippen molar-refractivity contribution in [1.82, 2.24) is 4.98 Å². The van der Waals surface area contributed by atoms with Crippen LogP contribution in [0, 0.1) is 0 Å². The van der Waals surface area contributed by atoms with Gasteiger partial charge in [-0.15, -0.1) is 9.24 Å². The Morgan fingerprint density at radius 3 is 2.86 bits per heavy atom. The van der Waals surface area contributed by atoms with E-state index in [1.165, 1.54) is 5.69 Å². The Kier molecular flexibility index (Phi) is 1.48. The smallest absolute Gasteiger partial charge is 0.0185 e. The Hall–Kier alpha value is -0.290. The molecule has 7 heavy (non-hydrogen) atoms. The first-order valence-electron chi connectivity index (χ1n) is 2.26. The average molecular weight is 113 g/mol. The molecular formula is C5H8NP. The van der Waals surface area contributed by atoms with Crippen LogP contribution in [-0.4, -0.2) is 4.98 Å². The zero-order valence-corrected chi connectivity index (χ0v) is 5.17. The van der Waals surface area contributed by atoms with E-state index in [0.717, 1.165) is 6.16 Å². The van der Waals surface area contributed by atoms with Crippen molar-refractivity contribution in [2.75, 3.05) is 0 Å². The van der Waals surface area contributed by atoms with Gasteiger partial charge in [-0.1, -0.05) is 0 Å². The molecule has 0 aliphatic carbocycles. The number of hydrogen-bond acceptors (Lipinski definition) is 0. The van der Waals surface area contributed by atoms with Gasteiger partial charge in [0.25, 0.3) is 0 Å². The van der Waals surface area contributed by atoms with Crippen LogP contribution in [0.1, 0.15) is 5.69 Å². The highest BCUT2D eigenvalue weighted by Crippen LogP contribution is 1.99. The van der Waals surface area contributed by atoms with Crippen molar-refractivity contribution in [3.63, 3.8) is 0 Å². The summed E-state index contributed by atoms with van der Waals surface area (Å²) in [5, 5.41) is 0. The number of hydrogen-bond donors (Lipinski definition) is 1. The number of H-pyrrole nitrogens is 1. The first kappa shape index (κ1) is 4.86. The molecule has 0 spiro atoms. The van der Waals surface area contributed by atoms with Gasteiger partial charge in [0, 0.05) is 18.1 Å². The molecule has 0 bridgehead atoms. The second-order valence-corrected chi connectivity index (χ2v) is 1.81. The largest absolute Gasteiger partial charge is 0.365 e. The summed E-state index contributed by atoms with van der Waals surface area (Å²) in [4.78, 5) is 3.07. The summed E-state index contributed by atoms with van der Waals surface area (Å²) >= 11 is 0. The van der Waals surface area contributed by atoms with Crippen LogP contribution < -0.4 is 0 Å². The van der Waals surface area contributed by atoms with Gasteiger partial charge in [-0.3, -0.25) is 0 Å². The van der Waals surface area contributed by atoms with Crippen molar-refractivity contribution in [1.29, 1.82) is 0 Å². The first-order chi connectivity index (χ1) is 3.43. The highest BCUT2D eigenvalue weighted by Gasteiger charge is 1.81. The maximum Gasteiger partial charge on any atom is 0.0185 e. The van der Waals surface area contributed by atoms with Crippen LogP contribution in [0.5, 0.6) is 0 Å². The summed E-state index contributed by atoms with van der Waals surface area (Å²) < 4.78 is 0. The molecule has 0 radical (unpaired) electrons. The summed E-state index contributed by atoms with van der Waals surface area (Å²) in [7, 11) is 2.65. The fraction of sp³-hybridized carbons (Fsp3) is 0.200. The van der Waals surface area contributed by atoms with Gasteiger partial charge in [-0.05, 0) is 12.1 Å². The third-order valence-corrected chi connectivity index (χ3v) is 1.32. The van der Waals surface area contributed by atoms with E-state index in [9.17, 15) is 0 Å². The summed E-state index contributed by atoms with van der Waals surface area (Å²) in [6, 6.07) is 4.06. The molecule has 1 heterocycles. The summed E-state index contributed by atoms with van der Waals surface area (Å²) in [6.45, 7) is 0. The van der Waals surface area contributed by atoms with E-state index < -0.39 is 0 Å². The number of rotatable bonds is 1. The van der Waals surface area contributed by atoms with Crippen LogP contribution in [0.25, 0.3) is 0 Å². The van der Waals surface area contributed by atoms with E-state index in [0.29, 0.717) is 0 Å². The van der Waals surface area contributed by atoms with Crippen molar-refractivity contribution in [2.24, 2.45) is 0 Å². The maximum atomic E-state index is 3.07. The molecule has 0 saturated heterocycles. The predicted molar refractivity (Wildman–Crippen MR) is 34.2 cm³/mol. The zero-order chi connectivity index (χ0) is 5.11. The molecule has 2 heteroatoms. The van der Waals surface area contributed by atoms with Crippen LogP contribution in [-0.2, 0) is 6.16 Å². The quantitative estimate of drug-likeness (QED) is 0.529.